The monoisotopic (exact) mass is 392 g/mol. The number of amides is 3. The molecule has 2 heterocycles. The standard InChI is InChI=1S/C11H20N2O3.C6H12N2O.ClH/c1-11(2,3)16-10(15)13-6-8(7-13)9(14)12(4)5;1-8(2)6(9)5-3-7-4-5;/h8H,6-7H2,1-5H3;5,7H,3-4H2,1-2H3;1H. The lowest BCUT2D eigenvalue weighted by Crippen LogP contribution is -2.56. The molecule has 26 heavy (non-hydrogen) atoms. The van der Waals surface area contributed by atoms with Gasteiger partial charge in [0, 0.05) is 54.4 Å². The second-order valence-corrected chi connectivity index (χ2v) is 7.90. The maximum absolute atomic E-state index is 11.6. The summed E-state index contributed by atoms with van der Waals surface area (Å²) in [6.07, 6.45) is -0.338. The normalized spacial score (nSPS) is 16.8. The first-order valence-electron chi connectivity index (χ1n) is 8.53. The lowest BCUT2D eigenvalue weighted by molar-refractivity contribution is -0.138. The number of ether oxygens (including phenoxy) is 1. The summed E-state index contributed by atoms with van der Waals surface area (Å²) in [6, 6.07) is 0. The highest BCUT2D eigenvalue weighted by Crippen LogP contribution is 2.20. The van der Waals surface area contributed by atoms with Crippen LogP contribution in [0.5, 0.6) is 0 Å². The Morgan fingerprint density at radius 1 is 0.923 bits per heavy atom. The van der Waals surface area contributed by atoms with E-state index in [1.54, 1.807) is 42.9 Å². The fourth-order valence-electron chi connectivity index (χ4n) is 2.30. The van der Waals surface area contributed by atoms with E-state index in [1.807, 2.05) is 20.8 Å². The van der Waals surface area contributed by atoms with Crippen LogP contribution in [-0.2, 0) is 14.3 Å². The van der Waals surface area contributed by atoms with Gasteiger partial charge in [-0.25, -0.2) is 4.79 Å². The van der Waals surface area contributed by atoms with Crippen LogP contribution >= 0.6 is 12.4 Å². The third-order valence-electron chi connectivity index (χ3n) is 3.89. The van der Waals surface area contributed by atoms with E-state index in [2.05, 4.69) is 5.32 Å². The van der Waals surface area contributed by atoms with Crippen molar-refractivity contribution in [3.05, 3.63) is 0 Å². The van der Waals surface area contributed by atoms with Crippen LogP contribution in [0.4, 0.5) is 4.79 Å². The molecule has 2 saturated heterocycles. The van der Waals surface area contributed by atoms with Gasteiger partial charge < -0.3 is 24.8 Å². The van der Waals surface area contributed by atoms with Crippen LogP contribution in [0.1, 0.15) is 20.8 Å². The van der Waals surface area contributed by atoms with Crippen LogP contribution in [0.25, 0.3) is 0 Å². The van der Waals surface area contributed by atoms with Crippen LogP contribution in [0, 0.1) is 11.8 Å². The Kier molecular flexibility index (Phi) is 9.38. The molecule has 2 aliphatic rings. The molecule has 0 aromatic rings. The number of hydrogen-bond acceptors (Lipinski definition) is 5. The number of carbonyl (C=O) groups excluding carboxylic acids is 3. The molecule has 1 N–H and O–H groups in total. The quantitative estimate of drug-likeness (QED) is 0.746. The number of nitrogens with zero attached hydrogens (tertiary/aromatic N) is 3. The minimum atomic E-state index is -0.478. The van der Waals surface area contributed by atoms with Gasteiger partial charge in [0.1, 0.15) is 5.60 Å². The summed E-state index contributed by atoms with van der Waals surface area (Å²) in [5.74, 6) is 0.496. The maximum Gasteiger partial charge on any atom is 0.410 e. The van der Waals surface area contributed by atoms with E-state index in [1.165, 1.54) is 0 Å². The highest BCUT2D eigenvalue weighted by molar-refractivity contribution is 5.85. The number of carbonyl (C=O) groups is 3. The van der Waals surface area contributed by atoms with E-state index in [0.717, 1.165) is 13.1 Å². The van der Waals surface area contributed by atoms with Gasteiger partial charge in [0.05, 0.1) is 11.8 Å². The molecule has 8 nitrogen and oxygen atoms in total. The van der Waals surface area contributed by atoms with Crippen molar-refractivity contribution in [2.24, 2.45) is 11.8 Å². The van der Waals surface area contributed by atoms with Gasteiger partial charge in [0.25, 0.3) is 0 Å². The smallest absolute Gasteiger partial charge is 0.410 e. The molecule has 0 aromatic carbocycles. The minimum absolute atomic E-state index is 0. The van der Waals surface area contributed by atoms with E-state index in [9.17, 15) is 14.4 Å². The lowest BCUT2D eigenvalue weighted by Gasteiger charge is -2.39. The van der Waals surface area contributed by atoms with Gasteiger partial charge in [-0.05, 0) is 20.8 Å². The zero-order chi connectivity index (χ0) is 19.4. The first-order chi connectivity index (χ1) is 11.4. The molecule has 0 atom stereocenters. The number of halogens is 1. The van der Waals surface area contributed by atoms with Crippen molar-refractivity contribution in [2.75, 3.05) is 54.4 Å². The van der Waals surface area contributed by atoms with E-state index in [4.69, 9.17) is 4.74 Å². The summed E-state index contributed by atoms with van der Waals surface area (Å²) in [7, 11) is 7.03. The molecular formula is C17H33ClN4O4. The van der Waals surface area contributed by atoms with E-state index < -0.39 is 5.60 Å². The van der Waals surface area contributed by atoms with Crippen molar-refractivity contribution in [1.29, 1.82) is 0 Å². The molecule has 0 unspecified atom stereocenters. The van der Waals surface area contributed by atoms with Gasteiger partial charge in [-0.1, -0.05) is 0 Å². The molecule has 0 saturated carbocycles. The summed E-state index contributed by atoms with van der Waals surface area (Å²) < 4.78 is 5.19. The molecule has 152 valence electrons. The third kappa shape index (κ3) is 7.37. The van der Waals surface area contributed by atoms with Crippen molar-refractivity contribution < 1.29 is 19.1 Å². The molecule has 2 rings (SSSR count). The molecule has 0 aliphatic carbocycles. The zero-order valence-electron chi connectivity index (χ0n) is 16.9. The number of rotatable bonds is 2. The van der Waals surface area contributed by atoms with Crippen molar-refractivity contribution in [2.45, 2.75) is 26.4 Å². The summed E-state index contributed by atoms with van der Waals surface area (Å²) in [5.41, 5.74) is -0.478. The third-order valence-corrected chi connectivity index (χ3v) is 3.89. The molecule has 0 spiro atoms. The van der Waals surface area contributed by atoms with Crippen LogP contribution in [0.15, 0.2) is 0 Å². The first kappa shape index (κ1) is 24.5. The highest BCUT2D eigenvalue weighted by atomic mass is 35.5. The number of likely N-dealkylation sites (tertiary alicyclic amines) is 1. The Morgan fingerprint density at radius 3 is 1.62 bits per heavy atom. The molecule has 0 aromatic heterocycles. The topological polar surface area (TPSA) is 82.2 Å². The molecule has 2 aliphatic heterocycles. The fourth-order valence-corrected chi connectivity index (χ4v) is 2.30. The molecule has 3 amide bonds. The average Bonchev–Trinajstić information content (AvgIpc) is 2.32. The van der Waals surface area contributed by atoms with Gasteiger partial charge in [-0.3, -0.25) is 9.59 Å². The van der Waals surface area contributed by atoms with E-state index >= 15 is 0 Å². The largest absolute Gasteiger partial charge is 0.444 e. The molecule has 9 heteroatoms. The predicted molar refractivity (Wildman–Crippen MR) is 102 cm³/mol. The van der Waals surface area contributed by atoms with Crippen molar-refractivity contribution in [3.8, 4) is 0 Å². The Hall–Kier alpha value is -1.54. The zero-order valence-corrected chi connectivity index (χ0v) is 17.7. The van der Waals surface area contributed by atoms with Gasteiger partial charge in [0.15, 0.2) is 0 Å². The Labute approximate surface area is 162 Å². The molecule has 2 fully saturated rings. The Bertz CT molecular complexity index is 495. The second-order valence-electron chi connectivity index (χ2n) is 7.90. The van der Waals surface area contributed by atoms with Crippen molar-refractivity contribution >= 4 is 30.3 Å². The average molecular weight is 393 g/mol. The van der Waals surface area contributed by atoms with Gasteiger partial charge in [0.2, 0.25) is 11.8 Å². The lowest BCUT2D eigenvalue weighted by atomic mass is 9.99. The van der Waals surface area contributed by atoms with E-state index in [0.29, 0.717) is 13.1 Å². The van der Waals surface area contributed by atoms with E-state index in [-0.39, 0.29) is 42.2 Å². The summed E-state index contributed by atoms with van der Waals surface area (Å²) >= 11 is 0. The SMILES string of the molecule is CN(C)C(=O)C1CN(C(=O)OC(C)(C)C)C1.CN(C)C(=O)C1CNC1.Cl. The number of hydrogen-bond donors (Lipinski definition) is 1. The van der Waals surface area contributed by atoms with Gasteiger partial charge in [-0.15, -0.1) is 12.4 Å². The second kappa shape index (κ2) is 9.97. The minimum Gasteiger partial charge on any atom is -0.444 e. The predicted octanol–water partition coefficient (Wildman–Crippen LogP) is 0.657. The molecular weight excluding hydrogens is 360 g/mol. The Morgan fingerprint density at radius 2 is 1.35 bits per heavy atom. The van der Waals surface area contributed by atoms with Crippen LogP contribution in [0.2, 0.25) is 0 Å². The van der Waals surface area contributed by atoms with Crippen LogP contribution in [-0.4, -0.2) is 92.6 Å². The van der Waals surface area contributed by atoms with Gasteiger partial charge >= 0.3 is 6.09 Å². The maximum atomic E-state index is 11.6. The van der Waals surface area contributed by atoms with Crippen molar-refractivity contribution in [1.82, 2.24) is 20.0 Å². The summed E-state index contributed by atoms with van der Waals surface area (Å²) in [6.45, 7) is 8.12. The molecule has 0 radical (unpaired) electrons. The first-order valence-corrected chi connectivity index (χ1v) is 8.53. The van der Waals surface area contributed by atoms with Crippen LogP contribution in [0.3, 0.4) is 0 Å². The Balaban J connectivity index is 0.000000532. The fraction of sp³-hybridized carbons (Fsp3) is 0.824. The summed E-state index contributed by atoms with van der Waals surface area (Å²) in [5, 5.41) is 3.05. The van der Waals surface area contributed by atoms with Gasteiger partial charge in [-0.2, -0.15) is 0 Å². The number of nitrogens with one attached hydrogen (secondary N) is 1. The van der Waals surface area contributed by atoms with Crippen LogP contribution < -0.4 is 5.32 Å². The summed E-state index contributed by atoms with van der Waals surface area (Å²) in [4.78, 5) is 38.8. The molecule has 0 bridgehead atoms. The van der Waals surface area contributed by atoms with Crippen molar-refractivity contribution in [3.63, 3.8) is 0 Å². The highest BCUT2D eigenvalue weighted by Gasteiger charge is 2.38.